The highest BCUT2D eigenvalue weighted by Crippen LogP contribution is 2.22. The fourth-order valence-corrected chi connectivity index (χ4v) is 2.74. The molecule has 0 saturated carbocycles. The van der Waals surface area contributed by atoms with Gasteiger partial charge in [-0.1, -0.05) is 53.6 Å². The highest BCUT2D eigenvalue weighted by atomic mass is 35.5. The summed E-state index contributed by atoms with van der Waals surface area (Å²) < 4.78 is 0. The molecule has 0 radical (unpaired) electrons. The Balaban J connectivity index is 1.53. The van der Waals surface area contributed by atoms with Crippen molar-refractivity contribution < 1.29 is 4.79 Å². The molecule has 0 unspecified atom stereocenters. The van der Waals surface area contributed by atoms with E-state index in [4.69, 9.17) is 23.2 Å². The predicted octanol–water partition coefficient (Wildman–Crippen LogP) is 4.59. The van der Waals surface area contributed by atoms with E-state index in [1.807, 2.05) is 30.3 Å². The molecule has 0 atom stereocenters. The number of aromatic nitrogens is 2. The summed E-state index contributed by atoms with van der Waals surface area (Å²) in [7, 11) is 0. The fourth-order valence-electron chi connectivity index (χ4n) is 2.27. The molecule has 0 aliphatic rings. The number of benzene rings is 2. The van der Waals surface area contributed by atoms with Gasteiger partial charge in [0.15, 0.2) is 0 Å². The Morgan fingerprint density at radius 3 is 2.83 bits per heavy atom. The van der Waals surface area contributed by atoms with Crippen LogP contribution in [0, 0.1) is 0 Å². The molecule has 3 rings (SSSR count). The normalized spacial score (nSPS) is 11.2. The Hall–Kier alpha value is -2.30. The molecule has 4 nitrogen and oxygen atoms in total. The van der Waals surface area contributed by atoms with Crippen LogP contribution in [0.5, 0.6) is 0 Å². The fraction of sp³-hybridized carbons (Fsp3) is 0.111. The smallest absolute Gasteiger partial charge is 0.224 e. The monoisotopic (exact) mass is 359 g/mol. The van der Waals surface area contributed by atoms with Gasteiger partial charge in [-0.15, -0.1) is 0 Å². The van der Waals surface area contributed by atoms with Crippen LogP contribution in [0.15, 0.2) is 48.5 Å². The summed E-state index contributed by atoms with van der Waals surface area (Å²) in [5, 5.41) is 3.97. The molecule has 0 spiro atoms. The third kappa shape index (κ3) is 4.16. The molecule has 6 heteroatoms. The average molecular weight is 360 g/mol. The van der Waals surface area contributed by atoms with Gasteiger partial charge in [0.2, 0.25) is 5.91 Å². The van der Waals surface area contributed by atoms with E-state index in [2.05, 4.69) is 15.3 Å². The number of carbonyl (C=O) groups excluding carboxylic acids is 1. The minimum absolute atomic E-state index is 0.0863. The quantitative estimate of drug-likeness (QED) is 0.699. The summed E-state index contributed by atoms with van der Waals surface area (Å²) in [5.41, 5.74) is 2.67. The number of hydrogen-bond donors (Lipinski definition) is 2. The number of nitrogens with one attached hydrogen (secondary N) is 2. The van der Waals surface area contributed by atoms with Crippen LogP contribution in [0.25, 0.3) is 17.1 Å². The van der Waals surface area contributed by atoms with Gasteiger partial charge in [0.1, 0.15) is 5.82 Å². The second-order valence-electron chi connectivity index (χ2n) is 5.25. The van der Waals surface area contributed by atoms with Gasteiger partial charge in [0, 0.05) is 16.5 Å². The van der Waals surface area contributed by atoms with Crippen molar-refractivity contribution in [3.8, 4) is 0 Å². The summed E-state index contributed by atoms with van der Waals surface area (Å²) in [6.07, 6.45) is 3.84. The first kappa shape index (κ1) is 16.6. The maximum Gasteiger partial charge on any atom is 0.224 e. The third-order valence-electron chi connectivity index (χ3n) is 3.45. The van der Waals surface area contributed by atoms with E-state index in [9.17, 15) is 4.79 Å². The maximum atomic E-state index is 11.9. The summed E-state index contributed by atoms with van der Waals surface area (Å²) in [6, 6.07) is 13.0. The molecule has 0 aliphatic heterocycles. The van der Waals surface area contributed by atoms with Crippen molar-refractivity contribution >= 4 is 46.2 Å². The van der Waals surface area contributed by atoms with E-state index < -0.39 is 0 Å². The topological polar surface area (TPSA) is 57.8 Å². The van der Waals surface area contributed by atoms with Gasteiger partial charge in [-0.3, -0.25) is 4.79 Å². The number of rotatable bonds is 5. The molecule has 0 saturated heterocycles. The van der Waals surface area contributed by atoms with Crippen LogP contribution in [-0.4, -0.2) is 15.9 Å². The van der Waals surface area contributed by atoms with Gasteiger partial charge in [-0.05, 0) is 29.8 Å². The van der Waals surface area contributed by atoms with Crippen molar-refractivity contribution in [1.82, 2.24) is 15.3 Å². The first-order valence-corrected chi connectivity index (χ1v) is 8.19. The van der Waals surface area contributed by atoms with Crippen molar-refractivity contribution in [2.24, 2.45) is 0 Å². The first-order chi connectivity index (χ1) is 11.6. The van der Waals surface area contributed by atoms with Crippen molar-refractivity contribution in [3.63, 3.8) is 0 Å². The average Bonchev–Trinajstić information content (AvgIpc) is 2.98. The van der Waals surface area contributed by atoms with Crippen molar-refractivity contribution in [1.29, 1.82) is 0 Å². The van der Waals surface area contributed by atoms with Crippen LogP contribution >= 0.6 is 23.2 Å². The molecule has 24 heavy (non-hydrogen) atoms. The summed E-state index contributed by atoms with van der Waals surface area (Å²) in [4.78, 5) is 19.5. The van der Waals surface area contributed by atoms with E-state index in [1.54, 1.807) is 24.3 Å². The maximum absolute atomic E-state index is 11.9. The molecule has 2 N–H and O–H groups in total. The lowest BCUT2D eigenvalue weighted by atomic mass is 10.2. The lowest BCUT2D eigenvalue weighted by molar-refractivity contribution is -0.120. The molecule has 1 heterocycles. The van der Waals surface area contributed by atoms with Crippen LogP contribution in [0.3, 0.4) is 0 Å². The van der Waals surface area contributed by atoms with E-state index in [1.165, 1.54) is 0 Å². The van der Waals surface area contributed by atoms with Gasteiger partial charge in [0.05, 0.1) is 17.6 Å². The molecule has 1 aromatic heterocycles. The van der Waals surface area contributed by atoms with E-state index in [0.717, 1.165) is 22.4 Å². The summed E-state index contributed by atoms with van der Waals surface area (Å²) >= 11 is 11.9. The number of aromatic amines is 1. The highest BCUT2D eigenvalue weighted by molar-refractivity contribution is 6.35. The Labute approximate surface area is 149 Å². The first-order valence-electron chi connectivity index (χ1n) is 7.44. The van der Waals surface area contributed by atoms with Gasteiger partial charge in [0.25, 0.3) is 0 Å². The molecule has 122 valence electrons. The molecule has 0 aliphatic carbocycles. The second kappa shape index (κ2) is 7.51. The van der Waals surface area contributed by atoms with Crippen molar-refractivity contribution in [2.45, 2.75) is 13.0 Å². The molecule has 0 fully saturated rings. The largest absolute Gasteiger partial charge is 0.349 e. The molecule has 0 bridgehead atoms. The summed E-state index contributed by atoms with van der Waals surface area (Å²) in [5.74, 6) is 0.645. The van der Waals surface area contributed by atoms with Crippen LogP contribution in [0.4, 0.5) is 0 Å². The zero-order valence-corrected chi connectivity index (χ0v) is 14.2. The number of nitrogens with zero attached hydrogens (tertiary/aromatic N) is 1. The van der Waals surface area contributed by atoms with Gasteiger partial charge in [-0.2, -0.15) is 0 Å². The number of carbonyl (C=O) groups is 1. The van der Waals surface area contributed by atoms with Crippen LogP contribution in [-0.2, 0) is 11.3 Å². The number of para-hydroxylation sites is 2. The Morgan fingerprint density at radius 1 is 1.21 bits per heavy atom. The standard InChI is InChI=1S/C18H15Cl2N3O/c19-13-9-8-12(14(20)10-13)4-3-7-18(24)21-11-17-22-15-5-1-2-6-16(15)23-17/h1-6,8-10H,7,11H2,(H,21,24)(H,22,23)/b4-3+. The number of fused-ring (bicyclic) bond motifs is 1. The van der Waals surface area contributed by atoms with Gasteiger partial charge in [-0.25, -0.2) is 4.98 Å². The number of hydrogen-bond acceptors (Lipinski definition) is 2. The Morgan fingerprint density at radius 2 is 2.04 bits per heavy atom. The molecule has 2 aromatic carbocycles. The van der Waals surface area contributed by atoms with Crippen molar-refractivity contribution in [3.05, 3.63) is 70.0 Å². The molecular formula is C18H15Cl2N3O. The number of H-pyrrole nitrogens is 1. The Kier molecular flexibility index (Phi) is 5.18. The van der Waals surface area contributed by atoms with E-state index in [-0.39, 0.29) is 12.3 Å². The van der Waals surface area contributed by atoms with E-state index >= 15 is 0 Å². The summed E-state index contributed by atoms with van der Waals surface area (Å²) in [6.45, 7) is 0.364. The minimum atomic E-state index is -0.0863. The zero-order chi connectivity index (χ0) is 16.9. The second-order valence-corrected chi connectivity index (χ2v) is 6.09. The predicted molar refractivity (Wildman–Crippen MR) is 98.1 cm³/mol. The minimum Gasteiger partial charge on any atom is -0.349 e. The zero-order valence-electron chi connectivity index (χ0n) is 12.7. The lowest BCUT2D eigenvalue weighted by Gasteiger charge is -2.01. The Bertz CT molecular complexity index is 869. The lowest BCUT2D eigenvalue weighted by Crippen LogP contribution is -2.22. The number of halogens is 2. The molecule has 3 aromatic rings. The highest BCUT2D eigenvalue weighted by Gasteiger charge is 2.04. The molecule has 1 amide bonds. The van der Waals surface area contributed by atoms with Gasteiger partial charge < -0.3 is 10.3 Å². The van der Waals surface area contributed by atoms with Crippen molar-refractivity contribution in [2.75, 3.05) is 0 Å². The SMILES string of the molecule is O=C(C/C=C/c1ccc(Cl)cc1Cl)NCc1nc2ccccc2[nH]1. The van der Waals surface area contributed by atoms with Crippen LogP contribution in [0.1, 0.15) is 17.8 Å². The number of amides is 1. The van der Waals surface area contributed by atoms with Crippen LogP contribution < -0.4 is 5.32 Å². The van der Waals surface area contributed by atoms with Crippen LogP contribution in [0.2, 0.25) is 10.0 Å². The third-order valence-corrected chi connectivity index (χ3v) is 4.02. The van der Waals surface area contributed by atoms with Gasteiger partial charge >= 0.3 is 0 Å². The van der Waals surface area contributed by atoms with E-state index in [0.29, 0.717) is 16.6 Å². The number of imidazole rings is 1. The molecular weight excluding hydrogens is 345 g/mol.